The maximum absolute atomic E-state index is 13.0. The lowest BCUT2D eigenvalue weighted by molar-refractivity contribution is -0.140. The number of carboxylic acids is 1. The van der Waals surface area contributed by atoms with Gasteiger partial charge in [-0.1, -0.05) is 6.92 Å². The summed E-state index contributed by atoms with van der Waals surface area (Å²) < 4.78 is 49.8. The molecule has 0 fully saturated rings. The van der Waals surface area contributed by atoms with E-state index in [0.717, 1.165) is 6.07 Å². The van der Waals surface area contributed by atoms with Gasteiger partial charge in [-0.2, -0.15) is 13.2 Å². The molecule has 7 nitrogen and oxygen atoms in total. The summed E-state index contributed by atoms with van der Waals surface area (Å²) in [7, 11) is 1.31. The molecule has 0 amide bonds. The van der Waals surface area contributed by atoms with Gasteiger partial charge in [0, 0.05) is 10.9 Å². The SMILES string of the molecule is CC[C@H](N)c1oc(-c2ccc(OC)c3nc(C(F)(F)F)ccc23)nc1C(=O)O. The van der Waals surface area contributed by atoms with Gasteiger partial charge < -0.3 is 20.0 Å². The van der Waals surface area contributed by atoms with Gasteiger partial charge >= 0.3 is 12.1 Å². The molecule has 3 rings (SSSR count). The number of pyridine rings is 1. The van der Waals surface area contributed by atoms with E-state index >= 15 is 0 Å². The van der Waals surface area contributed by atoms with Crippen molar-refractivity contribution in [1.29, 1.82) is 0 Å². The lowest BCUT2D eigenvalue weighted by Crippen LogP contribution is -2.12. The number of alkyl halides is 3. The van der Waals surface area contributed by atoms with Crippen LogP contribution in [0.15, 0.2) is 28.7 Å². The zero-order valence-electron chi connectivity index (χ0n) is 14.9. The number of rotatable bonds is 5. The zero-order valence-corrected chi connectivity index (χ0v) is 14.9. The number of aromatic nitrogens is 2. The summed E-state index contributed by atoms with van der Waals surface area (Å²) in [5.41, 5.74) is 4.70. The molecule has 28 heavy (non-hydrogen) atoms. The van der Waals surface area contributed by atoms with Gasteiger partial charge in [0.15, 0.2) is 11.5 Å². The summed E-state index contributed by atoms with van der Waals surface area (Å²) in [6.07, 6.45) is -4.22. The number of ether oxygens (including phenoxy) is 1. The first-order valence-electron chi connectivity index (χ1n) is 8.22. The van der Waals surface area contributed by atoms with E-state index in [2.05, 4.69) is 9.97 Å². The molecule has 148 valence electrons. The quantitative estimate of drug-likeness (QED) is 0.671. The number of benzene rings is 1. The maximum atomic E-state index is 13.0. The molecule has 0 radical (unpaired) electrons. The number of halogens is 3. The first-order chi connectivity index (χ1) is 13.2. The molecule has 2 aromatic heterocycles. The minimum Gasteiger partial charge on any atom is -0.494 e. The molecule has 0 aliphatic heterocycles. The highest BCUT2D eigenvalue weighted by atomic mass is 19.4. The Hall–Kier alpha value is -3.14. The third-order valence-corrected chi connectivity index (χ3v) is 4.19. The van der Waals surface area contributed by atoms with Gasteiger partial charge in [0.2, 0.25) is 5.89 Å². The first-order valence-corrected chi connectivity index (χ1v) is 8.22. The van der Waals surface area contributed by atoms with E-state index in [0.29, 0.717) is 6.42 Å². The predicted molar refractivity (Wildman–Crippen MR) is 93.0 cm³/mol. The van der Waals surface area contributed by atoms with E-state index in [1.54, 1.807) is 6.92 Å². The van der Waals surface area contributed by atoms with Gasteiger partial charge in [-0.05, 0) is 30.7 Å². The van der Waals surface area contributed by atoms with Crippen LogP contribution in [0.2, 0.25) is 0 Å². The minimum absolute atomic E-state index is 0.00570. The molecule has 0 bridgehead atoms. The molecular formula is C18H16F3N3O4. The van der Waals surface area contributed by atoms with Crippen molar-refractivity contribution >= 4 is 16.9 Å². The Morgan fingerprint density at radius 3 is 2.57 bits per heavy atom. The Morgan fingerprint density at radius 2 is 2.00 bits per heavy atom. The number of carboxylic acid groups (broad SMARTS) is 1. The average Bonchev–Trinajstić information content (AvgIpc) is 3.10. The van der Waals surface area contributed by atoms with Crippen molar-refractivity contribution in [3.8, 4) is 17.2 Å². The summed E-state index contributed by atoms with van der Waals surface area (Å²) in [6.45, 7) is 1.75. The standard InChI is InChI=1S/C18H16F3N3O4/c1-3-10(22)15-14(17(25)26)24-16(28-15)9-4-6-11(27-2)13-8(9)5-7-12(23-13)18(19,20)21/h4-7,10H,3,22H2,1-2H3,(H,25,26)/t10-/m0/s1. The fraction of sp³-hybridized carbons (Fsp3) is 0.278. The number of nitrogens with zero attached hydrogens (tertiary/aromatic N) is 2. The van der Waals surface area contributed by atoms with Gasteiger partial charge in [-0.3, -0.25) is 0 Å². The van der Waals surface area contributed by atoms with Crippen LogP contribution in [0.1, 0.15) is 41.3 Å². The van der Waals surface area contributed by atoms with Crippen LogP contribution < -0.4 is 10.5 Å². The van der Waals surface area contributed by atoms with Crippen molar-refractivity contribution < 1.29 is 32.2 Å². The minimum atomic E-state index is -4.63. The molecule has 1 aromatic carbocycles. The van der Waals surface area contributed by atoms with Crippen LogP contribution in [0, 0.1) is 0 Å². The molecule has 1 atom stereocenters. The highest BCUT2D eigenvalue weighted by molar-refractivity contribution is 5.97. The van der Waals surface area contributed by atoms with Gasteiger partial charge in [0.05, 0.1) is 13.2 Å². The number of hydrogen-bond donors (Lipinski definition) is 2. The number of methoxy groups -OCH3 is 1. The molecule has 2 heterocycles. The van der Waals surface area contributed by atoms with Crippen LogP contribution >= 0.6 is 0 Å². The third kappa shape index (κ3) is 3.38. The Kier molecular flexibility index (Phi) is 4.99. The summed E-state index contributed by atoms with van der Waals surface area (Å²) >= 11 is 0. The average molecular weight is 395 g/mol. The largest absolute Gasteiger partial charge is 0.494 e. The van der Waals surface area contributed by atoms with Crippen molar-refractivity contribution in [2.45, 2.75) is 25.6 Å². The summed E-state index contributed by atoms with van der Waals surface area (Å²) in [5, 5.41) is 9.62. The van der Waals surface area contributed by atoms with Crippen LogP contribution in [0.4, 0.5) is 13.2 Å². The molecule has 0 aliphatic rings. The summed E-state index contributed by atoms with van der Waals surface area (Å²) in [5.74, 6) is -1.27. The van der Waals surface area contributed by atoms with Crippen molar-refractivity contribution in [2.24, 2.45) is 5.73 Å². The molecule has 0 aliphatic carbocycles. The van der Waals surface area contributed by atoms with E-state index in [-0.39, 0.29) is 39.6 Å². The number of aromatic carboxylic acids is 1. The van der Waals surface area contributed by atoms with E-state index in [1.165, 1.54) is 25.3 Å². The van der Waals surface area contributed by atoms with Crippen molar-refractivity contribution in [2.75, 3.05) is 7.11 Å². The Morgan fingerprint density at radius 1 is 1.29 bits per heavy atom. The fourth-order valence-corrected chi connectivity index (χ4v) is 2.74. The van der Waals surface area contributed by atoms with Crippen LogP contribution in [-0.2, 0) is 6.18 Å². The normalized spacial score (nSPS) is 12.9. The van der Waals surface area contributed by atoms with Crippen molar-refractivity contribution in [1.82, 2.24) is 9.97 Å². The summed E-state index contributed by atoms with van der Waals surface area (Å²) in [4.78, 5) is 19.1. The molecule has 3 N–H and O–H groups in total. The Bertz CT molecular complexity index is 1050. The number of oxazole rings is 1. The first kappa shape index (κ1) is 19.6. The van der Waals surface area contributed by atoms with Crippen LogP contribution in [-0.4, -0.2) is 28.2 Å². The molecule has 0 saturated heterocycles. The monoisotopic (exact) mass is 395 g/mol. The van der Waals surface area contributed by atoms with Crippen molar-refractivity contribution in [3.63, 3.8) is 0 Å². The number of carbonyl (C=O) groups is 1. The molecule has 0 unspecified atom stereocenters. The number of nitrogens with two attached hydrogens (primary N) is 1. The van der Waals surface area contributed by atoms with E-state index in [1.807, 2.05) is 0 Å². The highest BCUT2D eigenvalue weighted by Crippen LogP contribution is 2.37. The van der Waals surface area contributed by atoms with Crippen LogP contribution in [0.5, 0.6) is 5.75 Å². The zero-order chi connectivity index (χ0) is 20.6. The second-order valence-electron chi connectivity index (χ2n) is 5.96. The molecule has 0 saturated carbocycles. The topological polar surface area (TPSA) is 111 Å². The predicted octanol–water partition coefficient (Wildman–Crippen LogP) is 4.03. The number of hydrogen-bond acceptors (Lipinski definition) is 6. The smallest absolute Gasteiger partial charge is 0.433 e. The molecule has 0 spiro atoms. The Balaban J connectivity index is 2.26. The van der Waals surface area contributed by atoms with Gasteiger partial charge in [0.1, 0.15) is 17.0 Å². The van der Waals surface area contributed by atoms with Crippen LogP contribution in [0.3, 0.4) is 0 Å². The van der Waals surface area contributed by atoms with Gasteiger partial charge in [-0.25, -0.2) is 14.8 Å². The van der Waals surface area contributed by atoms with E-state index in [9.17, 15) is 23.1 Å². The second-order valence-corrected chi connectivity index (χ2v) is 5.96. The van der Waals surface area contributed by atoms with Gasteiger partial charge in [-0.15, -0.1) is 0 Å². The molecule has 10 heteroatoms. The lowest BCUT2D eigenvalue weighted by Gasteiger charge is -2.11. The third-order valence-electron chi connectivity index (χ3n) is 4.19. The van der Waals surface area contributed by atoms with Crippen molar-refractivity contribution in [3.05, 3.63) is 41.4 Å². The summed E-state index contributed by atoms with van der Waals surface area (Å²) in [6, 6.07) is 4.27. The van der Waals surface area contributed by atoms with Crippen LogP contribution in [0.25, 0.3) is 22.4 Å². The van der Waals surface area contributed by atoms with E-state index in [4.69, 9.17) is 14.9 Å². The maximum Gasteiger partial charge on any atom is 0.433 e. The van der Waals surface area contributed by atoms with E-state index < -0.39 is 23.9 Å². The number of fused-ring (bicyclic) bond motifs is 1. The molecule has 3 aromatic rings. The fourth-order valence-electron chi connectivity index (χ4n) is 2.74. The van der Waals surface area contributed by atoms with Gasteiger partial charge in [0.25, 0.3) is 0 Å². The Labute approximate surface area is 156 Å². The second kappa shape index (κ2) is 7.12. The highest BCUT2D eigenvalue weighted by Gasteiger charge is 2.33. The molecular weight excluding hydrogens is 379 g/mol. The lowest BCUT2D eigenvalue weighted by atomic mass is 10.1.